The second-order valence-corrected chi connectivity index (χ2v) is 8.11. The van der Waals surface area contributed by atoms with Crippen molar-refractivity contribution in [3.8, 4) is 0 Å². The normalized spacial score (nSPS) is 30.2. The fourth-order valence-electron chi connectivity index (χ4n) is 3.56. The van der Waals surface area contributed by atoms with Crippen LogP contribution < -0.4 is 5.32 Å². The van der Waals surface area contributed by atoms with Crippen molar-refractivity contribution in [2.75, 3.05) is 6.54 Å². The van der Waals surface area contributed by atoms with Crippen LogP contribution in [0.15, 0.2) is 0 Å². The first-order chi connectivity index (χ1) is 8.21. The minimum absolute atomic E-state index is 0.455. The summed E-state index contributed by atoms with van der Waals surface area (Å²) in [6, 6.07) is 0.619. The molecule has 0 heterocycles. The van der Waals surface area contributed by atoms with E-state index in [9.17, 15) is 0 Å². The molecule has 0 aromatic heterocycles. The van der Waals surface area contributed by atoms with E-state index in [0.717, 1.165) is 23.7 Å². The molecule has 1 heteroatoms. The van der Waals surface area contributed by atoms with Crippen LogP contribution in [0.5, 0.6) is 0 Å². The molecule has 0 spiro atoms. The Morgan fingerprint density at radius 3 is 2.11 bits per heavy atom. The Morgan fingerprint density at radius 1 is 1.06 bits per heavy atom. The zero-order valence-electron chi connectivity index (χ0n) is 13.7. The molecular weight excluding hydrogens is 218 g/mol. The molecule has 0 aromatic rings. The minimum atomic E-state index is 0.455. The van der Waals surface area contributed by atoms with Gasteiger partial charge in [-0.05, 0) is 54.9 Å². The summed E-state index contributed by atoms with van der Waals surface area (Å²) in [6.45, 7) is 17.8. The van der Waals surface area contributed by atoms with Gasteiger partial charge >= 0.3 is 0 Å². The molecule has 1 N–H and O–H groups in total. The van der Waals surface area contributed by atoms with Gasteiger partial charge in [0.1, 0.15) is 0 Å². The lowest BCUT2D eigenvalue weighted by Gasteiger charge is -2.45. The highest BCUT2D eigenvalue weighted by Gasteiger charge is 2.38. The van der Waals surface area contributed by atoms with Crippen molar-refractivity contribution in [1.29, 1.82) is 0 Å². The van der Waals surface area contributed by atoms with Crippen LogP contribution in [-0.2, 0) is 0 Å². The minimum Gasteiger partial charge on any atom is -0.314 e. The Balaban J connectivity index is 2.66. The molecule has 0 aromatic carbocycles. The molecule has 1 aliphatic rings. The monoisotopic (exact) mass is 253 g/mol. The number of nitrogens with one attached hydrogen (secondary N) is 1. The Kier molecular flexibility index (Phi) is 5.70. The maximum atomic E-state index is 3.66. The van der Waals surface area contributed by atoms with E-state index in [2.05, 4.69) is 53.8 Å². The summed E-state index contributed by atoms with van der Waals surface area (Å²) >= 11 is 0. The van der Waals surface area contributed by atoms with E-state index >= 15 is 0 Å². The molecule has 108 valence electrons. The fraction of sp³-hybridized carbons (Fsp3) is 1.00. The topological polar surface area (TPSA) is 12.0 Å². The lowest BCUT2D eigenvalue weighted by Crippen LogP contribution is -2.41. The quantitative estimate of drug-likeness (QED) is 0.764. The third-order valence-corrected chi connectivity index (χ3v) is 4.88. The van der Waals surface area contributed by atoms with Gasteiger partial charge in [0.25, 0.3) is 0 Å². The van der Waals surface area contributed by atoms with Crippen LogP contribution >= 0.6 is 0 Å². The Bertz CT molecular complexity index is 236. The van der Waals surface area contributed by atoms with E-state index in [1.807, 2.05) is 0 Å². The van der Waals surface area contributed by atoms with Crippen molar-refractivity contribution >= 4 is 0 Å². The van der Waals surface area contributed by atoms with Crippen molar-refractivity contribution in [1.82, 2.24) is 5.32 Å². The Hall–Kier alpha value is -0.0400. The van der Waals surface area contributed by atoms with Gasteiger partial charge in [-0.3, -0.25) is 0 Å². The van der Waals surface area contributed by atoms with Crippen LogP contribution in [0.25, 0.3) is 0 Å². The molecule has 0 saturated heterocycles. The lowest BCUT2D eigenvalue weighted by atomic mass is 9.62. The highest BCUT2D eigenvalue weighted by molar-refractivity contribution is 4.89. The standard InChI is InChI=1S/C17H35N/c1-12(2)14-8-9-15(11-18-13(3)4)16(10-14)17(5,6)7/h12-16,18H,8-11H2,1-7H3. The molecule has 0 radical (unpaired) electrons. The predicted octanol–water partition coefficient (Wildman–Crippen LogP) is 4.72. The summed E-state index contributed by atoms with van der Waals surface area (Å²) in [5.74, 6) is 3.56. The summed E-state index contributed by atoms with van der Waals surface area (Å²) in [6.07, 6.45) is 4.30. The highest BCUT2D eigenvalue weighted by atomic mass is 14.9. The van der Waals surface area contributed by atoms with Crippen molar-refractivity contribution in [3.05, 3.63) is 0 Å². The Morgan fingerprint density at radius 2 is 1.67 bits per heavy atom. The van der Waals surface area contributed by atoms with Crippen LogP contribution in [0, 0.1) is 29.1 Å². The predicted molar refractivity (Wildman–Crippen MR) is 81.8 cm³/mol. The van der Waals surface area contributed by atoms with Gasteiger partial charge in [-0.1, -0.05) is 48.5 Å². The molecular formula is C17H35N. The number of rotatable bonds is 4. The van der Waals surface area contributed by atoms with Gasteiger partial charge in [0.05, 0.1) is 0 Å². The van der Waals surface area contributed by atoms with Gasteiger partial charge in [0.15, 0.2) is 0 Å². The van der Waals surface area contributed by atoms with Crippen molar-refractivity contribution in [2.45, 2.75) is 73.8 Å². The van der Waals surface area contributed by atoms with Crippen molar-refractivity contribution < 1.29 is 0 Å². The first-order valence-corrected chi connectivity index (χ1v) is 7.95. The van der Waals surface area contributed by atoms with Gasteiger partial charge in [0, 0.05) is 6.04 Å². The highest BCUT2D eigenvalue weighted by Crippen LogP contribution is 2.45. The summed E-state index contributed by atoms with van der Waals surface area (Å²) in [5, 5.41) is 3.66. The molecule has 1 aliphatic carbocycles. The third-order valence-electron chi connectivity index (χ3n) is 4.88. The maximum Gasteiger partial charge on any atom is 0.00104 e. The zero-order valence-corrected chi connectivity index (χ0v) is 13.7. The molecule has 0 amide bonds. The molecule has 1 fully saturated rings. The summed E-state index contributed by atoms with van der Waals surface area (Å²) in [5.41, 5.74) is 0.455. The van der Waals surface area contributed by atoms with E-state index in [1.54, 1.807) is 0 Å². The first kappa shape index (κ1) is 16.0. The van der Waals surface area contributed by atoms with Crippen LogP contribution in [0.4, 0.5) is 0 Å². The summed E-state index contributed by atoms with van der Waals surface area (Å²) in [7, 11) is 0. The van der Waals surface area contributed by atoms with Gasteiger partial charge < -0.3 is 5.32 Å². The molecule has 18 heavy (non-hydrogen) atoms. The zero-order chi connectivity index (χ0) is 13.9. The summed E-state index contributed by atoms with van der Waals surface area (Å²) < 4.78 is 0. The van der Waals surface area contributed by atoms with Crippen LogP contribution in [0.2, 0.25) is 0 Å². The largest absolute Gasteiger partial charge is 0.314 e. The van der Waals surface area contributed by atoms with E-state index in [0.29, 0.717) is 11.5 Å². The third kappa shape index (κ3) is 4.57. The van der Waals surface area contributed by atoms with Crippen molar-refractivity contribution in [2.24, 2.45) is 29.1 Å². The smallest absolute Gasteiger partial charge is 0.00104 e. The fourth-order valence-corrected chi connectivity index (χ4v) is 3.56. The molecule has 1 nitrogen and oxygen atoms in total. The summed E-state index contributed by atoms with van der Waals surface area (Å²) in [4.78, 5) is 0. The van der Waals surface area contributed by atoms with Crippen molar-refractivity contribution in [3.63, 3.8) is 0 Å². The second-order valence-electron chi connectivity index (χ2n) is 8.11. The molecule has 0 aliphatic heterocycles. The van der Waals surface area contributed by atoms with E-state index < -0.39 is 0 Å². The van der Waals surface area contributed by atoms with Crippen LogP contribution in [0.1, 0.15) is 67.7 Å². The SMILES string of the molecule is CC(C)NCC1CCC(C(C)C)CC1C(C)(C)C. The van der Waals surface area contributed by atoms with Gasteiger partial charge in [-0.2, -0.15) is 0 Å². The van der Waals surface area contributed by atoms with Crippen LogP contribution in [0.3, 0.4) is 0 Å². The first-order valence-electron chi connectivity index (χ1n) is 7.95. The average molecular weight is 253 g/mol. The van der Waals surface area contributed by atoms with E-state index in [4.69, 9.17) is 0 Å². The number of hydrogen-bond acceptors (Lipinski definition) is 1. The van der Waals surface area contributed by atoms with Gasteiger partial charge in [0.2, 0.25) is 0 Å². The van der Waals surface area contributed by atoms with E-state index in [-0.39, 0.29) is 0 Å². The lowest BCUT2D eigenvalue weighted by molar-refractivity contribution is 0.0594. The molecule has 3 unspecified atom stereocenters. The molecule has 1 rings (SSSR count). The number of hydrogen-bond donors (Lipinski definition) is 1. The molecule has 0 bridgehead atoms. The van der Waals surface area contributed by atoms with E-state index in [1.165, 1.54) is 25.8 Å². The average Bonchev–Trinajstić information content (AvgIpc) is 2.24. The second kappa shape index (κ2) is 6.41. The van der Waals surface area contributed by atoms with Crippen LogP contribution in [-0.4, -0.2) is 12.6 Å². The molecule has 1 saturated carbocycles. The molecule has 3 atom stereocenters. The van der Waals surface area contributed by atoms with Gasteiger partial charge in [-0.25, -0.2) is 0 Å². The Labute approximate surface area is 115 Å². The van der Waals surface area contributed by atoms with Gasteiger partial charge in [-0.15, -0.1) is 0 Å². The maximum absolute atomic E-state index is 3.66.